The van der Waals surface area contributed by atoms with E-state index in [4.69, 9.17) is 0 Å². The molecule has 1 heterocycles. The van der Waals surface area contributed by atoms with E-state index in [2.05, 4.69) is 20.7 Å². The van der Waals surface area contributed by atoms with Gasteiger partial charge in [-0.1, -0.05) is 0 Å². The maximum atomic E-state index is 11.7. The number of hydrogen-bond donors (Lipinski definition) is 2. The number of carbonyl (C=O) groups is 1. The topological polar surface area (TPSA) is 74.5 Å². The fraction of sp³-hybridized carbons (Fsp3) is 0.667. The number of nitrogens with zero attached hydrogens (tertiary/aromatic N) is 4. The SMILES string of the molecule is Cc1nn(C)c(C)c1CN=C(NCC(=O)N(C)C)NC1CC1.I. The Morgan fingerprint density at radius 2 is 2.04 bits per heavy atom. The Labute approximate surface area is 154 Å². The average molecular weight is 434 g/mol. The Bertz CT molecular complexity index is 577. The summed E-state index contributed by atoms with van der Waals surface area (Å²) in [4.78, 5) is 17.9. The number of halogens is 1. The highest BCUT2D eigenvalue weighted by Crippen LogP contribution is 2.18. The molecule has 1 aliphatic rings. The van der Waals surface area contributed by atoms with Crippen LogP contribution in [0.15, 0.2) is 4.99 Å². The number of carbonyl (C=O) groups excluding carboxylic acids is 1. The fourth-order valence-electron chi connectivity index (χ4n) is 2.10. The van der Waals surface area contributed by atoms with E-state index in [1.165, 1.54) is 0 Å². The van der Waals surface area contributed by atoms with Crippen molar-refractivity contribution in [2.24, 2.45) is 12.0 Å². The molecule has 130 valence electrons. The first-order valence-electron chi connectivity index (χ1n) is 7.62. The predicted octanol–water partition coefficient (Wildman–Crippen LogP) is 0.941. The highest BCUT2D eigenvalue weighted by Gasteiger charge is 2.22. The molecule has 0 aliphatic heterocycles. The second-order valence-electron chi connectivity index (χ2n) is 6.00. The van der Waals surface area contributed by atoms with Crippen LogP contribution >= 0.6 is 24.0 Å². The summed E-state index contributed by atoms with van der Waals surface area (Å²) >= 11 is 0. The molecule has 0 saturated heterocycles. The van der Waals surface area contributed by atoms with Gasteiger partial charge in [-0.2, -0.15) is 5.10 Å². The van der Waals surface area contributed by atoms with E-state index < -0.39 is 0 Å². The summed E-state index contributed by atoms with van der Waals surface area (Å²) in [6, 6.07) is 0.483. The van der Waals surface area contributed by atoms with Gasteiger partial charge in [0.15, 0.2) is 5.96 Å². The number of amides is 1. The van der Waals surface area contributed by atoms with Gasteiger partial charge in [0.1, 0.15) is 0 Å². The minimum atomic E-state index is 0. The minimum absolute atomic E-state index is 0. The van der Waals surface area contributed by atoms with Gasteiger partial charge in [-0.15, -0.1) is 24.0 Å². The van der Waals surface area contributed by atoms with E-state index in [9.17, 15) is 4.79 Å². The molecule has 0 bridgehead atoms. The molecule has 7 nitrogen and oxygen atoms in total. The summed E-state index contributed by atoms with van der Waals surface area (Å²) in [5.74, 6) is 0.722. The molecule has 1 aromatic heterocycles. The van der Waals surface area contributed by atoms with Gasteiger partial charge in [0.05, 0.1) is 18.8 Å². The second kappa shape index (κ2) is 8.51. The van der Waals surface area contributed by atoms with Gasteiger partial charge in [-0.3, -0.25) is 9.48 Å². The molecule has 0 unspecified atom stereocenters. The van der Waals surface area contributed by atoms with Crippen LogP contribution in [0, 0.1) is 13.8 Å². The summed E-state index contributed by atoms with van der Waals surface area (Å²) in [6.07, 6.45) is 2.32. The third-order valence-corrected chi connectivity index (χ3v) is 3.88. The van der Waals surface area contributed by atoms with Crippen LogP contribution in [0.5, 0.6) is 0 Å². The van der Waals surface area contributed by atoms with E-state index in [0.717, 1.165) is 29.8 Å². The van der Waals surface area contributed by atoms with Gasteiger partial charge in [0.25, 0.3) is 0 Å². The monoisotopic (exact) mass is 434 g/mol. The van der Waals surface area contributed by atoms with Crippen molar-refractivity contribution in [1.82, 2.24) is 25.3 Å². The number of nitrogens with one attached hydrogen (secondary N) is 2. The van der Waals surface area contributed by atoms with Crippen LogP contribution in [0.2, 0.25) is 0 Å². The standard InChI is InChI=1S/C15H26N6O.HI/c1-10-13(11(2)21(5)19-10)8-16-15(18-12-6-7-12)17-9-14(22)20(3)4;/h12H,6-9H2,1-5H3,(H2,16,17,18);1H. The Balaban J connectivity index is 0.00000264. The average Bonchev–Trinajstić information content (AvgIpc) is 3.23. The van der Waals surface area contributed by atoms with E-state index in [1.54, 1.807) is 19.0 Å². The van der Waals surface area contributed by atoms with Gasteiger partial charge in [0, 0.05) is 38.4 Å². The van der Waals surface area contributed by atoms with Crippen LogP contribution in [0.4, 0.5) is 0 Å². The van der Waals surface area contributed by atoms with Crippen LogP contribution in [0.3, 0.4) is 0 Å². The summed E-state index contributed by atoms with van der Waals surface area (Å²) in [5, 5.41) is 10.9. The third-order valence-electron chi connectivity index (χ3n) is 3.88. The van der Waals surface area contributed by atoms with Crippen LogP contribution < -0.4 is 10.6 Å². The van der Waals surface area contributed by atoms with Gasteiger partial charge in [-0.05, 0) is 26.7 Å². The Morgan fingerprint density at radius 3 is 2.52 bits per heavy atom. The maximum absolute atomic E-state index is 11.7. The summed E-state index contributed by atoms with van der Waals surface area (Å²) in [7, 11) is 5.43. The lowest BCUT2D eigenvalue weighted by molar-refractivity contribution is -0.127. The van der Waals surface area contributed by atoms with Crippen molar-refractivity contribution in [2.75, 3.05) is 20.6 Å². The van der Waals surface area contributed by atoms with E-state index >= 15 is 0 Å². The number of aryl methyl sites for hydroxylation is 2. The number of likely N-dealkylation sites (N-methyl/N-ethyl adjacent to an activating group) is 1. The van der Waals surface area contributed by atoms with Crippen molar-refractivity contribution >= 4 is 35.8 Å². The number of rotatable bonds is 5. The Morgan fingerprint density at radius 1 is 1.39 bits per heavy atom. The van der Waals surface area contributed by atoms with Crippen molar-refractivity contribution in [3.8, 4) is 0 Å². The minimum Gasteiger partial charge on any atom is -0.354 e. The maximum Gasteiger partial charge on any atom is 0.241 e. The van der Waals surface area contributed by atoms with Gasteiger partial charge >= 0.3 is 0 Å². The molecular formula is C15H27IN6O. The lowest BCUT2D eigenvalue weighted by Crippen LogP contribution is -2.43. The van der Waals surface area contributed by atoms with Crippen molar-refractivity contribution in [3.63, 3.8) is 0 Å². The molecule has 23 heavy (non-hydrogen) atoms. The van der Waals surface area contributed by atoms with Crippen LogP contribution in [0.1, 0.15) is 29.8 Å². The first-order valence-corrected chi connectivity index (χ1v) is 7.62. The lowest BCUT2D eigenvalue weighted by atomic mass is 10.2. The zero-order chi connectivity index (χ0) is 16.3. The van der Waals surface area contributed by atoms with Crippen LogP contribution in [-0.2, 0) is 18.4 Å². The zero-order valence-corrected chi connectivity index (χ0v) is 16.8. The van der Waals surface area contributed by atoms with Crippen molar-refractivity contribution < 1.29 is 4.79 Å². The molecule has 2 N–H and O–H groups in total. The smallest absolute Gasteiger partial charge is 0.241 e. The van der Waals surface area contributed by atoms with E-state index in [0.29, 0.717) is 18.5 Å². The summed E-state index contributed by atoms with van der Waals surface area (Å²) in [5.41, 5.74) is 3.26. The molecule has 0 radical (unpaired) electrons. The first kappa shape index (κ1) is 19.7. The lowest BCUT2D eigenvalue weighted by Gasteiger charge is -2.14. The van der Waals surface area contributed by atoms with Crippen LogP contribution in [0.25, 0.3) is 0 Å². The largest absolute Gasteiger partial charge is 0.354 e. The number of guanidine groups is 1. The first-order chi connectivity index (χ1) is 10.4. The molecule has 0 aromatic carbocycles. The molecule has 2 rings (SSSR count). The number of hydrogen-bond acceptors (Lipinski definition) is 3. The molecule has 1 amide bonds. The quantitative estimate of drug-likeness (QED) is 0.411. The van der Waals surface area contributed by atoms with Gasteiger partial charge < -0.3 is 15.5 Å². The normalized spacial score (nSPS) is 14.2. The molecule has 1 aliphatic carbocycles. The van der Waals surface area contributed by atoms with E-state index in [1.807, 2.05) is 25.6 Å². The molecule has 1 saturated carbocycles. The molecule has 0 spiro atoms. The fourth-order valence-corrected chi connectivity index (χ4v) is 2.10. The van der Waals surface area contributed by atoms with Gasteiger partial charge in [0.2, 0.25) is 5.91 Å². The third kappa shape index (κ3) is 5.67. The highest BCUT2D eigenvalue weighted by atomic mass is 127. The summed E-state index contributed by atoms with van der Waals surface area (Å²) < 4.78 is 1.87. The van der Waals surface area contributed by atoms with Crippen molar-refractivity contribution in [3.05, 3.63) is 17.0 Å². The molecule has 8 heteroatoms. The summed E-state index contributed by atoms with van der Waals surface area (Å²) in [6.45, 7) is 4.84. The number of aliphatic imine (C=N–C) groups is 1. The molecular weight excluding hydrogens is 407 g/mol. The van der Waals surface area contributed by atoms with E-state index in [-0.39, 0.29) is 36.4 Å². The number of aromatic nitrogens is 2. The Hall–Kier alpha value is -1.32. The van der Waals surface area contributed by atoms with Gasteiger partial charge in [-0.25, -0.2) is 4.99 Å². The second-order valence-corrected chi connectivity index (χ2v) is 6.00. The van der Waals surface area contributed by atoms with Crippen molar-refractivity contribution in [2.45, 2.75) is 39.3 Å². The predicted molar refractivity (Wildman–Crippen MR) is 102 cm³/mol. The van der Waals surface area contributed by atoms with Crippen molar-refractivity contribution in [1.29, 1.82) is 0 Å². The zero-order valence-electron chi connectivity index (χ0n) is 14.5. The Kier molecular flexibility index (Phi) is 7.30. The molecule has 0 atom stereocenters. The molecule has 1 aromatic rings. The highest BCUT2D eigenvalue weighted by molar-refractivity contribution is 14.0. The van der Waals surface area contributed by atoms with Crippen LogP contribution in [-0.4, -0.2) is 53.2 Å². The molecule has 1 fully saturated rings.